The van der Waals surface area contributed by atoms with Gasteiger partial charge in [-0.15, -0.1) is 24.0 Å². The van der Waals surface area contributed by atoms with Crippen LogP contribution in [0.15, 0.2) is 4.99 Å². The number of halogens is 1. The van der Waals surface area contributed by atoms with Crippen molar-refractivity contribution in [3.8, 4) is 0 Å². The number of aliphatic imine (C=N–C) groups is 1. The van der Waals surface area contributed by atoms with Crippen LogP contribution in [-0.4, -0.2) is 89.3 Å². The third kappa shape index (κ3) is 9.11. The van der Waals surface area contributed by atoms with E-state index < -0.39 is 0 Å². The maximum Gasteiger partial charge on any atom is 0.191 e. The third-order valence-corrected chi connectivity index (χ3v) is 5.66. The zero-order valence-electron chi connectivity index (χ0n) is 18.0. The summed E-state index contributed by atoms with van der Waals surface area (Å²) >= 11 is 0. The van der Waals surface area contributed by atoms with E-state index in [1.165, 1.54) is 12.8 Å². The van der Waals surface area contributed by atoms with Crippen LogP contribution in [0.4, 0.5) is 0 Å². The topological polar surface area (TPSA) is 67.4 Å². The van der Waals surface area contributed by atoms with Crippen molar-refractivity contribution in [2.24, 2.45) is 10.9 Å². The number of morpholine rings is 1. The summed E-state index contributed by atoms with van der Waals surface area (Å²) in [6, 6.07) is 0.521. The van der Waals surface area contributed by atoms with Crippen molar-refractivity contribution in [2.45, 2.75) is 51.7 Å². The minimum absolute atomic E-state index is 0. The molecule has 2 saturated heterocycles. The molecule has 2 atom stereocenters. The fourth-order valence-electron chi connectivity index (χ4n) is 3.93. The van der Waals surface area contributed by atoms with E-state index in [0.717, 1.165) is 78.0 Å². The molecule has 0 spiro atoms. The largest absolute Gasteiger partial charge is 0.379 e. The first-order valence-electron chi connectivity index (χ1n) is 10.7. The molecule has 2 fully saturated rings. The second kappa shape index (κ2) is 15.6. The second-order valence-electron chi connectivity index (χ2n) is 7.38. The molecular formula is C20H41IN4O3. The average molecular weight is 512 g/mol. The lowest BCUT2D eigenvalue weighted by atomic mass is 9.92. The van der Waals surface area contributed by atoms with Crippen LogP contribution in [0.25, 0.3) is 0 Å². The summed E-state index contributed by atoms with van der Waals surface area (Å²) in [4.78, 5) is 6.96. The van der Waals surface area contributed by atoms with Crippen LogP contribution in [0.2, 0.25) is 0 Å². The lowest BCUT2D eigenvalue weighted by molar-refractivity contribution is 0.00272. The number of nitrogens with one attached hydrogen (secondary N) is 2. The number of hydrogen-bond acceptors (Lipinski definition) is 5. The standard InChI is InChI=1S/C20H40N4O3.HI/c1-4-17(5-2)19(24-9-13-25-14-10-24)15-23-20(21-3)22-8-6-11-27-18-7-12-26-16-18;/h17-19H,4-16H2,1-3H3,(H2,21,22,23);1H. The van der Waals surface area contributed by atoms with Gasteiger partial charge in [-0.25, -0.2) is 0 Å². The fourth-order valence-corrected chi connectivity index (χ4v) is 3.93. The van der Waals surface area contributed by atoms with E-state index >= 15 is 0 Å². The molecule has 0 aromatic carbocycles. The highest BCUT2D eigenvalue weighted by Crippen LogP contribution is 2.19. The van der Waals surface area contributed by atoms with Crippen molar-refractivity contribution in [2.75, 3.05) is 66.3 Å². The van der Waals surface area contributed by atoms with E-state index in [4.69, 9.17) is 14.2 Å². The molecule has 8 heteroatoms. The van der Waals surface area contributed by atoms with Gasteiger partial charge < -0.3 is 24.8 Å². The Morgan fingerprint density at radius 3 is 2.50 bits per heavy atom. The molecule has 2 aliphatic rings. The van der Waals surface area contributed by atoms with Crippen LogP contribution in [0.1, 0.15) is 39.5 Å². The average Bonchev–Trinajstić information content (AvgIpc) is 3.23. The van der Waals surface area contributed by atoms with Crippen LogP contribution in [-0.2, 0) is 14.2 Å². The molecule has 2 rings (SSSR count). The van der Waals surface area contributed by atoms with Crippen LogP contribution in [0.5, 0.6) is 0 Å². The van der Waals surface area contributed by atoms with Crippen molar-refractivity contribution in [3.05, 3.63) is 0 Å². The van der Waals surface area contributed by atoms with Crippen molar-refractivity contribution in [1.29, 1.82) is 0 Å². The van der Waals surface area contributed by atoms with E-state index in [0.29, 0.717) is 12.0 Å². The highest BCUT2D eigenvalue weighted by Gasteiger charge is 2.27. The summed E-state index contributed by atoms with van der Waals surface area (Å²) in [6.07, 6.45) is 4.69. The molecule has 2 aliphatic heterocycles. The summed E-state index contributed by atoms with van der Waals surface area (Å²) in [6.45, 7) is 12.5. The predicted molar refractivity (Wildman–Crippen MR) is 125 cm³/mol. The first kappa shape index (κ1) is 25.9. The summed E-state index contributed by atoms with van der Waals surface area (Å²) in [7, 11) is 1.84. The minimum Gasteiger partial charge on any atom is -0.379 e. The van der Waals surface area contributed by atoms with Gasteiger partial charge in [0.15, 0.2) is 5.96 Å². The summed E-state index contributed by atoms with van der Waals surface area (Å²) in [5.74, 6) is 1.57. The molecule has 7 nitrogen and oxygen atoms in total. The van der Waals surface area contributed by atoms with Gasteiger partial charge in [0.05, 0.1) is 25.9 Å². The Labute approximate surface area is 188 Å². The monoisotopic (exact) mass is 512 g/mol. The SMILES string of the molecule is CCC(CC)C(CNC(=NC)NCCCOC1CCOC1)N1CCOCC1.I. The molecule has 2 unspecified atom stereocenters. The normalized spacial score (nSPS) is 22.1. The molecule has 0 amide bonds. The number of rotatable bonds is 11. The molecule has 2 heterocycles. The second-order valence-corrected chi connectivity index (χ2v) is 7.38. The number of ether oxygens (including phenoxy) is 3. The van der Waals surface area contributed by atoms with Gasteiger partial charge in [0.2, 0.25) is 0 Å². The van der Waals surface area contributed by atoms with Gasteiger partial charge in [-0.2, -0.15) is 0 Å². The number of hydrogen-bond donors (Lipinski definition) is 2. The maximum absolute atomic E-state index is 5.81. The van der Waals surface area contributed by atoms with Gasteiger partial charge in [-0.05, 0) is 18.8 Å². The van der Waals surface area contributed by atoms with E-state index in [1.807, 2.05) is 7.05 Å². The Hall–Kier alpha value is -0.160. The summed E-state index contributed by atoms with van der Waals surface area (Å²) in [5, 5.41) is 6.96. The molecular weight excluding hydrogens is 471 g/mol. The molecule has 0 radical (unpaired) electrons. The van der Waals surface area contributed by atoms with E-state index in [-0.39, 0.29) is 30.1 Å². The first-order chi connectivity index (χ1) is 13.3. The molecule has 28 heavy (non-hydrogen) atoms. The Morgan fingerprint density at radius 1 is 1.14 bits per heavy atom. The highest BCUT2D eigenvalue weighted by atomic mass is 127. The van der Waals surface area contributed by atoms with Crippen LogP contribution < -0.4 is 10.6 Å². The Bertz CT molecular complexity index is 412. The Balaban J connectivity index is 0.00000392. The van der Waals surface area contributed by atoms with Gasteiger partial charge in [0, 0.05) is 52.5 Å². The van der Waals surface area contributed by atoms with Gasteiger partial charge in [-0.3, -0.25) is 9.89 Å². The van der Waals surface area contributed by atoms with Gasteiger partial charge in [-0.1, -0.05) is 26.7 Å². The number of nitrogens with zero attached hydrogens (tertiary/aromatic N) is 2. The van der Waals surface area contributed by atoms with E-state index in [2.05, 4.69) is 34.4 Å². The Morgan fingerprint density at radius 2 is 1.89 bits per heavy atom. The zero-order valence-corrected chi connectivity index (χ0v) is 20.3. The molecule has 2 N–H and O–H groups in total. The smallest absolute Gasteiger partial charge is 0.191 e. The van der Waals surface area contributed by atoms with Crippen molar-refractivity contribution in [1.82, 2.24) is 15.5 Å². The summed E-state index contributed by atoms with van der Waals surface area (Å²) < 4.78 is 16.7. The van der Waals surface area contributed by atoms with E-state index in [1.54, 1.807) is 0 Å². The molecule has 0 aromatic heterocycles. The Kier molecular flexibility index (Phi) is 14.5. The molecule has 0 aliphatic carbocycles. The van der Waals surface area contributed by atoms with Crippen molar-refractivity contribution < 1.29 is 14.2 Å². The quantitative estimate of drug-likeness (QED) is 0.191. The predicted octanol–water partition coefficient (Wildman–Crippen LogP) is 2.10. The van der Waals surface area contributed by atoms with Gasteiger partial charge in [0.1, 0.15) is 0 Å². The molecule has 166 valence electrons. The molecule has 0 saturated carbocycles. The highest BCUT2D eigenvalue weighted by molar-refractivity contribution is 14.0. The van der Waals surface area contributed by atoms with Crippen molar-refractivity contribution in [3.63, 3.8) is 0 Å². The lowest BCUT2D eigenvalue weighted by Gasteiger charge is -2.39. The fraction of sp³-hybridized carbons (Fsp3) is 0.950. The van der Waals surface area contributed by atoms with Gasteiger partial charge in [0.25, 0.3) is 0 Å². The van der Waals surface area contributed by atoms with Crippen LogP contribution in [0.3, 0.4) is 0 Å². The first-order valence-corrected chi connectivity index (χ1v) is 10.7. The number of guanidine groups is 1. The maximum atomic E-state index is 5.81. The minimum atomic E-state index is 0. The molecule has 0 aromatic rings. The van der Waals surface area contributed by atoms with Crippen molar-refractivity contribution >= 4 is 29.9 Å². The lowest BCUT2D eigenvalue weighted by Crippen LogP contribution is -2.53. The van der Waals surface area contributed by atoms with Gasteiger partial charge >= 0.3 is 0 Å². The van der Waals surface area contributed by atoms with E-state index in [9.17, 15) is 0 Å². The molecule has 0 bridgehead atoms. The van der Waals surface area contributed by atoms with Crippen LogP contribution >= 0.6 is 24.0 Å². The summed E-state index contributed by atoms with van der Waals surface area (Å²) in [5.41, 5.74) is 0. The zero-order chi connectivity index (χ0) is 19.3. The third-order valence-electron chi connectivity index (χ3n) is 5.66. The van der Waals surface area contributed by atoms with Crippen LogP contribution in [0, 0.1) is 5.92 Å².